The molecule has 0 aromatic rings. The van der Waals surface area contributed by atoms with E-state index in [9.17, 15) is 28.8 Å². The number of likely N-dealkylation sites (tertiary alicyclic amines) is 1. The molecule has 0 spiro atoms. The highest BCUT2D eigenvalue weighted by Gasteiger charge is 2.37. The minimum absolute atomic E-state index is 0.0177. The molecule has 1 unspecified atom stereocenters. The maximum Gasteiger partial charge on any atom is 0.242 e. The molecular weight excluding hydrogens is 488 g/mol. The van der Waals surface area contributed by atoms with Gasteiger partial charge in [0.2, 0.25) is 17.7 Å². The van der Waals surface area contributed by atoms with Crippen molar-refractivity contribution in [1.29, 1.82) is 0 Å². The van der Waals surface area contributed by atoms with Gasteiger partial charge in [-0.3, -0.25) is 33.7 Å². The van der Waals surface area contributed by atoms with Gasteiger partial charge in [0.05, 0.1) is 31.1 Å². The van der Waals surface area contributed by atoms with Crippen LogP contribution in [0.3, 0.4) is 0 Å². The molecule has 0 aromatic carbocycles. The topological polar surface area (TPSA) is 136 Å². The summed E-state index contributed by atoms with van der Waals surface area (Å²) in [4.78, 5) is 72.8. The summed E-state index contributed by atoms with van der Waals surface area (Å²) < 4.78 is 10.8. The lowest BCUT2D eigenvalue weighted by atomic mass is 10.0. The zero-order chi connectivity index (χ0) is 27.1. The molecule has 1 fully saturated rings. The number of hydrogen-bond donors (Lipinski definition) is 1. The fourth-order valence-electron chi connectivity index (χ4n) is 3.59. The van der Waals surface area contributed by atoms with Crippen LogP contribution in [-0.4, -0.2) is 90.5 Å². The molecule has 3 atom stereocenters. The first-order valence-corrected chi connectivity index (χ1v) is 13.8. The highest BCUT2D eigenvalue weighted by Crippen LogP contribution is 2.23. The summed E-state index contributed by atoms with van der Waals surface area (Å²) >= 11 is 1.35. The summed E-state index contributed by atoms with van der Waals surface area (Å²) in [5.41, 5.74) is 0. The first-order chi connectivity index (χ1) is 17.1. The third kappa shape index (κ3) is 11.7. The minimum Gasteiger partial charge on any atom is -0.379 e. The van der Waals surface area contributed by atoms with Crippen LogP contribution in [-0.2, 0) is 38.2 Å². The average Bonchev–Trinajstić information content (AvgIpc) is 3.12. The summed E-state index contributed by atoms with van der Waals surface area (Å²) in [6.45, 7) is 6.42. The number of hydrogen-bond acceptors (Lipinski definition) is 9. The average molecular weight is 529 g/mol. The van der Waals surface area contributed by atoms with E-state index in [2.05, 4.69) is 5.32 Å². The molecular formula is C25H40N2O8S. The van der Waals surface area contributed by atoms with Crippen LogP contribution >= 0.6 is 11.8 Å². The van der Waals surface area contributed by atoms with Crippen molar-refractivity contribution in [1.82, 2.24) is 10.2 Å². The molecule has 36 heavy (non-hydrogen) atoms. The van der Waals surface area contributed by atoms with Gasteiger partial charge in [-0.25, -0.2) is 0 Å². The van der Waals surface area contributed by atoms with Crippen LogP contribution in [0.15, 0.2) is 0 Å². The van der Waals surface area contributed by atoms with E-state index in [1.807, 2.05) is 0 Å². The van der Waals surface area contributed by atoms with Gasteiger partial charge in [0.1, 0.15) is 11.6 Å². The first-order valence-electron chi connectivity index (χ1n) is 12.5. The van der Waals surface area contributed by atoms with E-state index in [4.69, 9.17) is 9.47 Å². The number of rotatable bonds is 20. The van der Waals surface area contributed by atoms with Crippen molar-refractivity contribution < 1.29 is 38.2 Å². The Morgan fingerprint density at radius 1 is 1.00 bits per heavy atom. The molecule has 11 heteroatoms. The molecule has 1 aliphatic rings. The van der Waals surface area contributed by atoms with E-state index in [0.717, 1.165) is 0 Å². The number of Topliss-reactive ketones (excluding diaryl/α,β-unsaturated/α-hetero) is 3. The summed E-state index contributed by atoms with van der Waals surface area (Å²) in [5, 5.41) is 2.30. The molecule has 3 amide bonds. The lowest BCUT2D eigenvalue weighted by molar-refractivity contribution is -0.138. The number of imide groups is 1. The molecule has 0 saturated carbocycles. The van der Waals surface area contributed by atoms with E-state index in [-0.39, 0.29) is 79.2 Å². The van der Waals surface area contributed by atoms with Crippen LogP contribution in [0.5, 0.6) is 0 Å². The largest absolute Gasteiger partial charge is 0.379 e. The van der Waals surface area contributed by atoms with Crippen molar-refractivity contribution in [2.75, 3.05) is 39.2 Å². The molecule has 1 rings (SSSR count). The van der Waals surface area contributed by atoms with E-state index in [1.54, 1.807) is 27.0 Å². The molecule has 1 heterocycles. The molecule has 1 N–H and O–H groups in total. The van der Waals surface area contributed by atoms with Gasteiger partial charge in [-0.15, -0.1) is 0 Å². The van der Waals surface area contributed by atoms with Crippen LogP contribution in [0.25, 0.3) is 0 Å². The molecule has 1 aliphatic heterocycles. The van der Waals surface area contributed by atoms with Gasteiger partial charge >= 0.3 is 0 Å². The number of nitrogens with zero attached hydrogens (tertiary/aromatic N) is 1. The number of carbonyl (C=O) groups excluding carboxylic acids is 6. The van der Waals surface area contributed by atoms with Crippen LogP contribution in [0.2, 0.25) is 0 Å². The third-order valence-electron chi connectivity index (χ3n) is 5.91. The Kier molecular flexibility index (Phi) is 15.4. The Labute approximate surface area is 217 Å². The van der Waals surface area contributed by atoms with Crippen molar-refractivity contribution >= 4 is 46.8 Å². The van der Waals surface area contributed by atoms with Gasteiger partial charge in [0.15, 0.2) is 5.78 Å². The Morgan fingerprint density at radius 2 is 1.67 bits per heavy atom. The summed E-state index contributed by atoms with van der Waals surface area (Å²) in [7, 11) is 0. The molecule has 10 nitrogen and oxygen atoms in total. The number of amides is 3. The molecule has 1 saturated heterocycles. The highest BCUT2D eigenvalue weighted by atomic mass is 32.2. The van der Waals surface area contributed by atoms with Gasteiger partial charge in [0.25, 0.3) is 0 Å². The monoisotopic (exact) mass is 528 g/mol. The van der Waals surface area contributed by atoms with E-state index in [0.29, 0.717) is 39.1 Å². The van der Waals surface area contributed by atoms with Gasteiger partial charge in [0, 0.05) is 57.6 Å². The number of thioether (sulfide) groups is 1. The van der Waals surface area contributed by atoms with Gasteiger partial charge in [-0.1, -0.05) is 13.8 Å². The van der Waals surface area contributed by atoms with Crippen LogP contribution in [0.4, 0.5) is 0 Å². The van der Waals surface area contributed by atoms with Crippen molar-refractivity contribution in [3.8, 4) is 0 Å². The molecule has 0 aliphatic carbocycles. The molecule has 204 valence electrons. The Hall–Kier alpha value is -2.11. The Morgan fingerprint density at radius 3 is 2.28 bits per heavy atom. The van der Waals surface area contributed by atoms with E-state index >= 15 is 0 Å². The lowest BCUT2D eigenvalue weighted by Gasteiger charge is -2.16. The maximum atomic E-state index is 12.1. The van der Waals surface area contributed by atoms with Gasteiger partial charge < -0.3 is 14.8 Å². The predicted octanol–water partition coefficient (Wildman–Crippen LogP) is 1.72. The summed E-state index contributed by atoms with van der Waals surface area (Å²) in [6.07, 6.45) is 3.63. The van der Waals surface area contributed by atoms with Crippen molar-refractivity contribution in [2.45, 2.75) is 77.0 Å². The van der Waals surface area contributed by atoms with E-state index in [1.165, 1.54) is 16.7 Å². The molecule has 0 bridgehead atoms. The van der Waals surface area contributed by atoms with E-state index < -0.39 is 12.0 Å². The summed E-state index contributed by atoms with van der Waals surface area (Å²) in [5.74, 6) is -1.41. The highest BCUT2D eigenvalue weighted by molar-refractivity contribution is 8.00. The summed E-state index contributed by atoms with van der Waals surface area (Å²) in [6, 6.07) is -0.555. The number of nitrogens with one attached hydrogen (secondary N) is 1. The standard InChI is InChI=1S/C25H40N2O8S/c1-5-21(30)18(3)26-24(32)17(2)15-20(29)9-12-35-14-13-34-11-6-7-19(28)8-10-27-23(31)16-22(36-4)25(27)33/h17-18,22H,5-16H2,1-4H3,(H,26,32)/t17-,18+,22?/m1/s1. The zero-order valence-electron chi connectivity index (χ0n) is 21.8. The Bertz CT molecular complexity index is 788. The lowest BCUT2D eigenvalue weighted by Crippen LogP contribution is -2.41. The van der Waals surface area contributed by atoms with Gasteiger partial charge in [-0.2, -0.15) is 11.8 Å². The van der Waals surface area contributed by atoms with Crippen LogP contribution in [0.1, 0.15) is 65.7 Å². The van der Waals surface area contributed by atoms with Crippen molar-refractivity contribution in [3.63, 3.8) is 0 Å². The maximum absolute atomic E-state index is 12.1. The normalized spacial score (nSPS) is 17.2. The number of carbonyl (C=O) groups is 6. The minimum atomic E-state index is -0.555. The smallest absolute Gasteiger partial charge is 0.242 e. The SMILES string of the molecule is CCC(=O)[C@H](C)NC(=O)[C@H](C)CC(=O)CCOCCOCCCC(=O)CCN1C(=O)CC(SC)C1=O. The Balaban J connectivity index is 2.03. The predicted molar refractivity (Wildman–Crippen MR) is 135 cm³/mol. The quantitative estimate of drug-likeness (QED) is 0.185. The second kappa shape index (κ2) is 17.4. The van der Waals surface area contributed by atoms with Crippen molar-refractivity contribution in [2.24, 2.45) is 5.92 Å². The fourth-order valence-corrected chi connectivity index (χ4v) is 4.23. The van der Waals surface area contributed by atoms with Gasteiger partial charge in [-0.05, 0) is 19.6 Å². The number of ketones is 3. The number of ether oxygens (including phenoxy) is 2. The van der Waals surface area contributed by atoms with Crippen LogP contribution in [0, 0.1) is 5.92 Å². The van der Waals surface area contributed by atoms with Crippen molar-refractivity contribution in [3.05, 3.63) is 0 Å². The third-order valence-corrected chi connectivity index (χ3v) is 6.85. The fraction of sp³-hybridized carbons (Fsp3) is 0.760. The molecule has 0 radical (unpaired) electrons. The second-order valence-electron chi connectivity index (χ2n) is 8.87. The first kappa shape index (κ1) is 31.9. The zero-order valence-corrected chi connectivity index (χ0v) is 22.7. The molecule has 0 aromatic heterocycles. The van der Waals surface area contributed by atoms with Crippen LogP contribution < -0.4 is 5.32 Å². The second-order valence-corrected chi connectivity index (χ2v) is 9.91.